The molecule has 0 spiro atoms. The lowest BCUT2D eigenvalue weighted by molar-refractivity contribution is 0.0160. The molecule has 0 aromatic heterocycles. The summed E-state index contributed by atoms with van der Waals surface area (Å²) in [5.74, 6) is 11.9. The molecule has 0 radical (unpaired) electrons. The van der Waals surface area contributed by atoms with Gasteiger partial charge in [-0.25, -0.2) is 0 Å². The van der Waals surface area contributed by atoms with Crippen molar-refractivity contribution in [3.8, 4) is 0 Å². The van der Waals surface area contributed by atoms with E-state index in [-0.39, 0.29) is 0 Å². The van der Waals surface area contributed by atoms with Crippen molar-refractivity contribution < 1.29 is 0 Å². The second-order valence-electron chi connectivity index (χ2n) is 14.4. The summed E-state index contributed by atoms with van der Waals surface area (Å²) < 4.78 is 0. The van der Waals surface area contributed by atoms with Crippen LogP contribution in [-0.4, -0.2) is 0 Å². The first kappa shape index (κ1) is 27.0. The number of unbranched alkanes of at least 4 members (excludes halogenated alkanes) is 1. The van der Waals surface area contributed by atoms with Crippen LogP contribution in [0.1, 0.15) is 150 Å². The highest BCUT2D eigenvalue weighted by Crippen LogP contribution is 2.56. The van der Waals surface area contributed by atoms with E-state index >= 15 is 0 Å². The molecule has 0 nitrogen and oxygen atoms in total. The van der Waals surface area contributed by atoms with E-state index in [1.165, 1.54) is 64.2 Å². The Morgan fingerprint density at radius 2 is 1.32 bits per heavy atom. The molecule has 5 aliphatic rings. The van der Waals surface area contributed by atoms with Crippen molar-refractivity contribution in [2.75, 3.05) is 0 Å². The average molecular weight is 471 g/mol. The van der Waals surface area contributed by atoms with Crippen LogP contribution in [0.5, 0.6) is 0 Å². The molecule has 0 saturated heterocycles. The maximum absolute atomic E-state index is 2.59. The van der Waals surface area contributed by atoms with Gasteiger partial charge in [0.15, 0.2) is 0 Å². The molecule has 0 heterocycles. The van der Waals surface area contributed by atoms with E-state index in [0.29, 0.717) is 0 Å². The molecular weight excluding hydrogens is 408 g/mol. The minimum atomic E-state index is 1.02. The van der Waals surface area contributed by atoms with Gasteiger partial charge in [0.2, 0.25) is 0 Å². The van der Waals surface area contributed by atoms with E-state index in [4.69, 9.17) is 0 Å². The maximum atomic E-state index is 2.59. The van der Waals surface area contributed by atoms with Crippen LogP contribution in [0, 0.1) is 65.1 Å². The van der Waals surface area contributed by atoms with Crippen LogP contribution in [0.15, 0.2) is 0 Å². The third kappa shape index (κ3) is 6.46. The zero-order chi connectivity index (χ0) is 24.1. The molecular formula is C34H62. The molecule has 0 aromatic carbocycles. The molecule has 198 valence electrons. The molecule has 0 aliphatic heterocycles. The highest BCUT2D eigenvalue weighted by Gasteiger charge is 2.47. The van der Waals surface area contributed by atoms with Gasteiger partial charge in [0.1, 0.15) is 0 Å². The van der Waals surface area contributed by atoms with Gasteiger partial charge in [-0.05, 0) is 104 Å². The monoisotopic (exact) mass is 470 g/mol. The molecule has 5 fully saturated rings. The van der Waals surface area contributed by atoms with Crippen LogP contribution in [0.4, 0.5) is 0 Å². The molecule has 5 saturated carbocycles. The molecule has 10 unspecified atom stereocenters. The molecule has 5 rings (SSSR count). The second-order valence-corrected chi connectivity index (χ2v) is 14.4. The number of hydrogen-bond acceptors (Lipinski definition) is 0. The van der Waals surface area contributed by atoms with E-state index in [1.54, 1.807) is 51.4 Å². The summed E-state index contributed by atoms with van der Waals surface area (Å²) in [5, 5.41) is 0. The van der Waals surface area contributed by atoms with E-state index in [2.05, 4.69) is 34.6 Å². The molecule has 10 atom stereocenters. The van der Waals surface area contributed by atoms with Gasteiger partial charge in [0.25, 0.3) is 0 Å². The molecule has 34 heavy (non-hydrogen) atoms. The van der Waals surface area contributed by atoms with E-state index in [0.717, 1.165) is 65.1 Å². The molecule has 0 bridgehead atoms. The lowest BCUT2D eigenvalue weighted by Gasteiger charge is -2.47. The number of hydrogen-bond donors (Lipinski definition) is 0. The van der Waals surface area contributed by atoms with Crippen molar-refractivity contribution in [1.82, 2.24) is 0 Å². The van der Waals surface area contributed by atoms with Crippen molar-refractivity contribution in [2.45, 2.75) is 150 Å². The largest absolute Gasteiger partial charge is 0.0654 e. The van der Waals surface area contributed by atoms with Crippen LogP contribution < -0.4 is 0 Å². The first-order valence-corrected chi connectivity index (χ1v) is 16.5. The Kier molecular flexibility index (Phi) is 10.3. The van der Waals surface area contributed by atoms with Crippen molar-refractivity contribution in [3.63, 3.8) is 0 Å². The first-order valence-electron chi connectivity index (χ1n) is 16.5. The Morgan fingerprint density at radius 3 is 2.00 bits per heavy atom. The predicted octanol–water partition coefficient (Wildman–Crippen LogP) is 10.9. The van der Waals surface area contributed by atoms with Crippen molar-refractivity contribution >= 4 is 0 Å². The van der Waals surface area contributed by atoms with Crippen molar-refractivity contribution in [3.05, 3.63) is 0 Å². The Bertz CT molecular complexity index is 573. The molecule has 0 heteroatoms. The standard InChI is InChI=1S/C19H34.C15H28/c1-3-4-11-17-14(2)13-16-10-7-12-18(16)19(17)15-8-5-6-9-15;1-4-13-7-6-12(3)15(10-13)14-8-5-11(2)9-14/h14-19H,3-13H2,1-2H3;11-15H,4-10H2,1-3H3. The lowest BCUT2D eigenvalue weighted by Crippen LogP contribution is -2.40. The Labute approximate surface area is 215 Å². The van der Waals surface area contributed by atoms with Crippen LogP contribution in [0.25, 0.3) is 0 Å². The minimum Gasteiger partial charge on any atom is -0.0654 e. The Hall–Kier alpha value is 0. The highest BCUT2D eigenvalue weighted by molar-refractivity contribution is 4.97. The maximum Gasteiger partial charge on any atom is -0.0324 e. The van der Waals surface area contributed by atoms with Gasteiger partial charge in [0, 0.05) is 0 Å². The zero-order valence-corrected chi connectivity index (χ0v) is 24.1. The molecule has 5 aliphatic carbocycles. The Balaban J connectivity index is 0.000000166. The molecule has 0 N–H and O–H groups in total. The zero-order valence-electron chi connectivity index (χ0n) is 24.1. The quantitative estimate of drug-likeness (QED) is 0.362. The third-order valence-electron chi connectivity index (χ3n) is 12.2. The summed E-state index contributed by atoms with van der Waals surface area (Å²) in [6.45, 7) is 12.3. The fourth-order valence-corrected chi connectivity index (χ4v) is 10.3. The van der Waals surface area contributed by atoms with Crippen LogP contribution in [-0.2, 0) is 0 Å². The van der Waals surface area contributed by atoms with Crippen LogP contribution in [0.2, 0.25) is 0 Å². The van der Waals surface area contributed by atoms with Gasteiger partial charge in [-0.1, -0.05) is 112 Å². The smallest absolute Gasteiger partial charge is 0.0324 e. The van der Waals surface area contributed by atoms with Gasteiger partial charge in [-0.15, -0.1) is 0 Å². The normalized spacial score (nSPS) is 45.1. The summed E-state index contributed by atoms with van der Waals surface area (Å²) in [4.78, 5) is 0. The van der Waals surface area contributed by atoms with Gasteiger partial charge >= 0.3 is 0 Å². The second kappa shape index (κ2) is 13.0. The SMILES string of the molecule is CCC1CCC(C)C(C2CCC(C)C2)C1.CCCCC1C(C)CC2CCCC2C1C1CCCC1. The van der Waals surface area contributed by atoms with E-state index in [1.807, 2.05) is 0 Å². The summed E-state index contributed by atoms with van der Waals surface area (Å²) in [6.07, 6.45) is 27.5. The fraction of sp³-hybridized carbons (Fsp3) is 1.00. The first-order chi connectivity index (χ1) is 16.5. The van der Waals surface area contributed by atoms with Crippen LogP contribution >= 0.6 is 0 Å². The summed E-state index contributed by atoms with van der Waals surface area (Å²) in [6, 6.07) is 0. The van der Waals surface area contributed by atoms with Gasteiger partial charge in [-0.3, -0.25) is 0 Å². The fourth-order valence-electron chi connectivity index (χ4n) is 10.3. The van der Waals surface area contributed by atoms with Gasteiger partial charge in [0.05, 0.1) is 0 Å². The van der Waals surface area contributed by atoms with E-state index in [9.17, 15) is 0 Å². The number of fused-ring (bicyclic) bond motifs is 1. The van der Waals surface area contributed by atoms with Crippen molar-refractivity contribution in [2.24, 2.45) is 65.1 Å². The third-order valence-corrected chi connectivity index (χ3v) is 12.2. The summed E-state index contributed by atoms with van der Waals surface area (Å²) in [5.41, 5.74) is 0. The predicted molar refractivity (Wildman–Crippen MR) is 150 cm³/mol. The van der Waals surface area contributed by atoms with E-state index < -0.39 is 0 Å². The molecule has 0 aromatic rings. The average Bonchev–Trinajstić information content (AvgIpc) is 3.60. The van der Waals surface area contributed by atoms with Gasteiger partial charge < -0.3 is 0 Å². The summed E-state index contributed by atoms with van der Waals surface area (Å²) in [7, 11) is 0. The Morgan fingerprint density at radius 1 is 0.588 bits per heavy atom. The lowest BCUT2D eigenvalue weighted by atomic mass is 9.58. The van der Waals surface area contributed by atoms with Crippen molar-refractivity contribution in [1.29, 1.82) is 0 Å². The van der Waals surface area contributed by atoms with Crippen LogP contribution in [0.3, 0.4) is 0 Å². The summed E-state index contributed by atoms with van der Waals surface area (Å²) >= 11 is 0. The minimum absolute atomic E-state index is 1.02. The molecule has 0 amide bonds. The number of rotatable bonds is 6. The topological polar surface area (TPSA) is 0 Å². The highest BCUT2D eigenvalue weighted by atomic mass is 14.5. The van der Waals surface area contributed by atoms with Gasteiger partial charge in [-0.2, -0.15) is 0 Å².